The van der Waals surface area contributed by atoms with E-state index in [0.29, 0.717) is 6.42 Å². The maximum absolute atomic E-state index is 11.9. The molecule has 0 radical (unpaired) electrons. The molecular formula is C16H29N3O3. The van der Waals surface area contributed by atoms with E-state index in [4.69, 9.17) is 4.52 Å². The zero-order valence-corrected chi connectivity index (χ0v) is 14.3. The monoisotopic (exact) mass is 311 g/mol. The van der Waals surface area contributed by atoms with Gasteiger partial charge in [0.2, 0.25) is 0 Å². The predicted molar refractivity (Wildman–Crippen MR) is 85.8 cm³/mol. The first-order valence-electron chi connectivity index (χ1n) is 8.03. The van der Waals surface area contributed by atoms with Gasteiger partial charge >= 0.3 is 6.03 Å². The molecule has 0 aromatic carbocycles. The number of aryl methyl sites for hydroxylation is 2. The third-order valence-electron chi connectivity index (χ3n) is 4.13. The molecule has 6 heteroatoms. The van der Waals surface area contributed by atoms with Gasteiger partial charge in [-0.25, -0.2) is 4.79 Å². The molecule has 0 aliphatic carbocycles. The average Bonchev–Trinajstić information content (AvgIpc) is 2.78. The molecule has 2 unspecified atom stereocenters. The number of carbonyl (C=O) groups is 1. The Hall–Kier alpha value is -1.56. The van der Waals surface area contributed by atoms with E-state index in [1.54, 1.807) is 0 Å². The number of nitrogens with one attached hydrogen (secondary N) is 2. The van der Waals surface area contributed by atoms with Crippen molar-refractivity contribution in [3.05, 3.63) is 17.0 Å². The zero-order valence-electron chi connectivity index (χ0n) is 14.3. The zero-order chi connectivity index (χ0) is 16.7. The van der Waals surface area contributed by atoms with Gasteiger partial charge in [-0.3, -0.25) is 0 Å². The molecule has 0 fully saturated rings. The minimum absolute atomic E-state index is 0.0397. The Kier molecular flexibility index (Phi) is 7.38. The van der Waals surface area contributed by atoms with E-state index in [2.05, 4.69) is 15.8 Å². The van der Waals surface area contributed by atoms with Crippen LogP contribution in [0.15, 0.2) is 4.52 Å². The summed E-state index contributed by atoms with van der Waals surface area (Å²) in [6.07, 6.45) is 1.98. The number of rotatable bonds is 8. The lowest BCUT2D eigenvalue weighted by Crippen LogP contribution is -2.45. The largest absolute Gasteiger partial charge is 0.391 e. The highest BCUT2D eigenvalue weighted by molar-refractivity contribution is 5.74. The van der Waals surface area contributed by atoms with E-state index in [0.717, 1.165) is 29.9 Å². The molecule has 0 bridgehead atoms. The summed E-state index contributed by atoms with van der Waals surface area (Å²) in [5, 5.41) is 19.5. The first-order chi connectivity index (χ1) is 10.4. The maximum atomic E-state index is 11.9. The third kappa shape index (κ3) is 5.33. The highest BCUT2D eigenvalue weighted by atomic mass is 16.5. The molecule has 2 amide bonds. The first kappa shape index (κ1) is 18.5. The summed E-state index contributed by atoms with van der Waals surface area (Å²) in [5.41, 5.74) is 1.89. The lowest BCUT2D eigenvalue weighted by molar-refractivity contribution is 0.103. The molecule has 0 spiro atoms. The Morgan fingerprint density at radius 2 is 1.95 bits per heavy atom. The molecule has 1 rings (SSSR count). The van der Waals surface area contributed by atoms with Gasteiger partial charge in [-0.2, -0.15) is 0 Å². The van der Waals surface area contributed by atoms with Gasteiger partial charge in [0.1, 0.15) is 5.76 Å². The minimum Gasteiger partial charge on any atom is -0.391 e. The van der Waals surface area contributed by atoms with Gasteiger partial charge in [-0.15, -0.1) is 0 Å². The minimum atomic E-state index is -0.501. The quantitative estimate of drug-likeness (QED) is 0.687. The molecule has 0 aliphatic rings. The number of urea groups is 1. The van der Waals surface area contributed by atoms with Crippen LogP contribution in [0.1, 0.15) is 50.6 Å². The van der Waals surface area contributed by atoms with Crippen LogP contribution in [-0.4, -0.2) is 35.0 Å². The number of nitrogens with zero attached hydrogens (tertiary/aromatic N) is 1. The molecule has 22 heavy (non-hydrogen) atoms. The van der Waals surface area contributed by atoms with Crippen molar-refractivity contribution >= 4 is 6.03 Å². The van der Waals surface area contributed by atoms with Crippen molar-refractivity contribution < 1.29 is 14.4 Å². The first-order valence-corrected chi connectivity index (χ1v) is 8.03. The van der Waals surface area contributed by atoms with Crippen molar-refractivity contribution in [1.29, 1.82) is 0 Å². The van der Waals surface area contributed by atoms with Gasteiger partial charge < -0.3 is 20.3 Å². The van der Waals surface area contributed by atoms with Crippen molar-refractivity contribution in [1.82, 2.24) is 15.8 Å². The van der Waals surface area contributed by atoms with Gasteiger partial charge in [0.05, 0.1) is 11.8 Å². The van der Waals surface area contributed by atoms with E-state index in [1.807, 2.05) is 34.6 Å². The molecule has 1 aromatic heterocycles. The number of amides is 2. The lowest BCUT2D eigenvalue weighted by Gasteiger charge is -2.21. The van der Waals surface area contributed by atoms with Crippen molar-refractivity contribution in [3.63, 3.8) is 0 Å². The van der Waals surface area contributed by atoms with Crippen LogP contribution >= 0.6 is 0 Å². The van der Waals surface area contributed by atoms with Crippen LogP contribution in [0.25, 0.3) is 0 Å². The van der Waals surface area contributed by atoms with Gasteiger partial charge in [-0.05, 0) is 33.1 Å². The molecule has 6 nitrogen and oxygen atoms in total. The van der Waals surface area contributed by atoms with Crippen LogP contribution in [0.3, 0.4) is 0 Å². The van der Waals surface area contributed by atoms with Crippen LogP contribution in [0.2, 0.25) is 0 Å². The van der Waals surface area contributed by atoms with E-state index in [1.165, 1.54) is 0 Å². The van der Waals surface area contributed by atoms with Crippen LogP contribution in [0, 0.1) is 19.8 Å². The Bertz CT molecular complexity index is 450. The fourth-order valence-corrected chi connectivity index (χ4v) is 2.62. The molecule has 1 aromatic rings. The summed E-state index contributed by atoms with van der Waals surface area (Å²) in [5.74, 6) is 1.01. The fraction of sp³-hybridized carbons (Fsp3) is 0.750. The summed E-state index contributed by atoms with van der Waals surface area (Å²) in [6.45, 7) is 10.1. The Morgan fingerprint density at radius 3 is 2.45 bits per heavy atom. The number of hydrogen-bond donors (Lipinski definition) is 3. The van der Waals surface area contributed by atoms with E-state index >= 15 is 0 Å². The highest BCUT2D eigenvalue weighted by Gasteiger charge is 2.18. The fourth-order valence-electron chi connectivity index (χ4n) is 2.62. The second-order valence-corrected chi connectivity index (χ2v) is 5.91. The number of aromatic nitrogens is 1. The Labute approximate surface area is 132 Å². The van der Waals surface area contributed by atoms with Gasteiger partial charge in [0.25, 0.3) is 0 Å². The lowest BCUT2D eigenvalue weighted by atomic mass is 9.97. The summed E-state index contributed by atoms with van der Waals surface area (Å²) in [4.78, 5) is 11.9. The van der Waals surface area contributed by atoms with E-state index < -0.39 is 6.10 Å². The number of carbonyl (C=O) groups excluding carboxylic acids is 1. The molecule has 126 valence electrons. The summed E-state index contributed by atoms with van der Waals surface area (Å²) in [7, 11) is 0. The topological polar surface area (TPSA) is 87.4 Å². The normalized spacial score (nSPS) is 14.0. The SMILES string of the molecule is CCC(CC)C(O)CNC(=O)NC(C)Cc1c(C)noc1C. The Morgan fingerprint density at radius 1 is 1.32 bits per heavy atom. The van der Waals surface area contributed by atoms with Crippen molar-refractivity contribution in [2.45, 2.75) is 66.0 Å². The molecule has 0 saturated heterocycles. The summed E-state index contributed by atoms with van der Waals surface area (Å²) in [6, 6.07) is -0.300. The standard InChI is InChI=1S/C16H29N3O3/c1-6-13(7-2)15(20)9-17-16(21)18-10(3)8-14-11(4)19-22-12(14)5/h10,13,15,20H,6-9H2,1-5H3,(H2,17,18,21). The number of aliphatic hydroxyl groups excluding tert-OH is 1. The highest BCUT2D eigenvalue weighted by Crippen LogP contribution is 2.14. The smallest absolute Gasteiger partial charge is 0.315 e. The summed E-state index contributed by atoms with van der Waals surface area (Å²) >= 11 is 0. The number of aliphatic hydroxyl groups is 1. The third-order valence-corrected chi connectivity index (χ3v) is 4.13. The molecule has 3 N–H and O–H groups in total. The van der Waals surface area contributed by atoms with Gasteiger partial charge in [-0.1, -0.05) is 31.8 Å². The average molecular weight is 311 g/mol. The molecule has 0 aliphatic heterocycles. The number of hydrogen-bond acceptors (Lipinski definition) is 4. The maximum Gasteiger partial charge on any atom is 0.315 e. The van der Waals surface area contributed by atoms with Gasteiger partial charge in [0.15, 0.2) is 0 Å². The molecule has 2 atom stereocenters. The van der Waals surface area contributed by atoms with Crippen molar-refractivity contribution in [3.8, 4) is 0 Å². The van der Waals surface area contributed by atoms with E-state index in [-0.39, 0.29) is 24.5 Å². The van der Waals surface area contributed by atoms with Crippen LogP contribution in [0.4, 0.5) is 4.79 Å². The predicted octanol–water partition coefficient (Wildman–Crippen LogP) is 2.32. The van der Waals surface area contributed by atoms with Crippen LogP contribution < -0.4 is 10.6 Å². The van der Waals surface area contributed by atoms with Crippen LogP contribution in [0.5, 0.6) is 0 Å². The van der Waals surface area contributed by atoms with Crippen LogP contribution in [-0.2, 0) is 6.42 Å². The van der Waals surface area contributed by atoms with Crippen molar-refractivity contribution in [2.75, 3.05) is 6.54 Å². The molecule has 1 heterocycles. The van der Waals surface area contributed by atoms with E-state index in [9.17, 15) is 9.90 Å². The van der Waals surface area contributed by atoms with Gasteiger partial charge in [0, 0.05) is 18.2 Å². The van der Waals surface area contributed by atoms with Crippen molar-refractivity contribution in [2.24, 2.45) is 5.92 Å². The summed E-state index contributed by atoms with van der Waals surface area (Å²) < 4.78 is 5.12. The molecular weight excluding hydrogens is 282 g/mol. The second kappa shape index (κ2) is 8.78. The molecule has 0 saturated carbocycles. The Balaban J connectivity index is 2.38. The second-order valence-electron chi connectivity index (χ2n) is 5.91.